The Balaban J connectivity index is 1.42. The van der Waals surface area contributed by atoms with E-state index < -0.39 is 0 Å². The van der Waals surface area contributed by atoms with E-state index in [0.717, 1.165) is 25.6 Å². The van der Waals surface area contributed by atoms with Crippen molar-refractivity contribution in [1.29, 1.82) is 0 Å². The summed E-state index contributed by atoms with van der Waals surface area (Å²) in [5.74, 6) is 0. The summed E-state index contributed by atoms with van der Waals surface area (Å²) >= 11 is 1.79. The molecule has 3 heteroatoms. The predicted octanol–water partition coefficient (Wildman–Crippen LogP) is 4.90. The van der Waals surface area contributed by atoms with Gasteiger partial charge in [-0.15, -0.1) is 11.3 Å². The molecule has 122 valence electrons. The normalized spacial score (nSPS) is 14.2. The van der Waals surface area contributed by atoms with Crippen LogP contribution in [0.2, 0.25) is 0 Å². The van der Waals surface area contributed by atoms with Gasteiger partial charge in [-0.3, -0.25) is 4.90 Å². The van der Waals surface area contributed by atoms with E-state index in [1.54, 1.807) is 11.3 Å². The minimum absolute atomic E-state index is 0.740. The van der Waals surface area contributed by atoms with Crippen LogP contribution in [0.4, 0.5) is 0 Å². The second-order valence-corrected chi connectivity index (χ2v) is 7.46. The van der Waals surface area contributed by atoms with Gasteiger partial charge >= 0.3 is 0 Å². The number of nitrogens with zero attached hydrogens (tertiary/aromatic N) is 2. The minimum Gasteiger partial charge on any atom is -0.290 e. The van der Waals surface area contributed by atoms with Gasteiger partial charge in [0, 0.05) is 30.9 Å². The van der Waals surface area contributed by atoms with E-state index in [-0.39, 0.29) is 0 Å². The van der Waals surface area contributed by atoms with Crippen LogP contribution in [0.15, 0.2) is 66.0 Å². The summed E-state index contributed by atoms with van der Waals surface area (Å²) < 4.78 is 0. The van der Waals surface area contributed by atoms with Crippen LogP contribution in [-0.2, 0) is 19.5 Å². The minimum atomic E-state index is 0.740. The quantitative estimate of drug-likeness (QED) is 0.611. The van der Waals surface area contributed by atoms with Crippen LogP contribution in [0.1, 0.15) is 34.7 Å². The molecule has 0 spiro atoms. The van der Waals surface area contributed by atoms with E-state index >= 15 is 0 Å². The van der Waals surface area contributed by atoms with Crippen molar-refractivity contribution < 1.29 is 0 Å². The first-order valence-corrected chi connectivity index (χ1v) is 9.50. The molecule has 24 heavy (non-hydrogen) atoms. The van der Waals surface area contributed by atoms with Crippen molar-refractivity contribution in [1.82, 2.24) is 9.88 Å². The highest BCUT2D eigenvalue weighted by atomic mass is 32.1. The highest BCUT2D eigenvalue weighted by molar-refractivity contribution is 7.09. The molecule has 2 nitrogen and oxygen atoms in total. The Kier molecular flexibility index (Phi) is 4.72. The third-order valence-electron chi connectivity index (χ3n) is 4.45. The molecule has 1 saturated carbocycles. The molecular weight excluding hydrogens is 312 g/mol. The van der Waals surface area contributed by atoms with Gasteiger partial charge in [0.05, 0.1) is 10.7 Å². The molecule has 2 aromatic carbocycles. The fraction of sp³-hybridized carbons (Fsp3) is 0.286. The van der Waals surface area contributed by atoms with E-state index in [1.807, 2.05) is 0 Å². The molecule has 0 saturated heterocycles. The maximum Gasteiger partial charge on any atom is 0.0972 e. The van der Waals surface area contributed by atoms with Crippen LogP contribution in [0.3, 0.4) is 0 Å². The Hall–Kier alpha value is -1.97. The highest BCUT2D eigenvalue weighted by Crippen LogP contribution is 2.30. The molecule has 0 bridgehead atoms. The second-order valence-electron chi connectivity index (χ2n) is 6.52. The van der Waals surface area contributed by atoms with Crippen LogP contribution in [0.5, 0.6) is 0 Å². The zero-order valence-corrected chi connectivity index (χ0v) is 14.6. The van der Waals surface area contributed by atoms with Crippen molar-refractivity contribution >= 4 is 11.3 Å². The van der Waals surface area contributed by atoms with Gasteiger partial charge in [-0.05, 0) is 24.0 Å². The molecule has 1 aliphatic rings. The first-order valence-electron chi connectivity index (χ1n) is 8.62. The standard InChI is InChI=1S/C21H22N2S/c1-3-7-17(8-4-1)13-21-22-19(16-24-21)15-23(20-11-12-20)14-18-9-5-2-6-10-18/h1-10,16,20H,11-15H2. The summed E-state index contributed by atoms with van der Waals surface area (Å²) in [5, 5.41) is 3.45. The summed E-state index contributed by atoms with van der Waals surface area (Å²) in [6, 6.07) is 22.1. The number of aromatic nitrogens is 1. The van der Waals surface area contributed by atoms with Gasteiger partial charge in [0.25, 0.3) is 0 Å². The number of hydrogen-bond acceptors (Lipinski definition) is 3. The van der Waals surface area contributed by atoms with Crippen LogP contribution in [0.25, 0.3) is 0 Å². The summed E-state index contributed by atoms with van der Waals surface area (Å²) in [4.78, 5) is 7.45. The van der Waals surface area contributed by atoms with Crippen molar-refractivity contribution in [3.8, 4) is 0 Å². The SMILES string of the molecule is c1ccc(Cc2nc(CN(Cc3ccccc3)C3CC3)cs2)cc1. The van der Waals surface area contributed by atoms with Gasteiger partial charge in [0.15, 0.2) is 0 Å². The maximum atomic E-state index is 4.87. The molecule has 1 aromatic heterocycles. The number of benzene rings is 2. The molecular formula is C21H22N2S. The Morgan fingerprint density at radius 1 is 0.875 bits per heavy atom. The average molecular weight is 334 g/mol. The van der Waals surface area contributed by atoms with E-state index in [0.29, 0.717) is 0 Å². The molecule has 1 aliphatic carbocycles. The lowest BCUT2D eigenvalue weighted by atomic mass is 10.2. The Bertz CT molecular complexity index is 763. The number of thiazole rings is 1. The van der Waals surface area contributed by atoms with E-state index in [9.17, 15) is 0 Å². The van der Waals surface area contributed by atoms with E-state index in [1.165, 1.54) is 34.7 Å². The second kappa shape index (κ2) is 7.29. The van der Waals surface area contributed by atoms with Crippen LogP contribution < -0.4 is 0 Å². The number of hydrogen-bond donors (Lipinski definition) is 0. The Labute approximate surface area is 147 Å². The molecule has 0 amide bonds. The molecule has 0 unspecified atom stereocenters. The lowest BCUT2D eigenvalue weighted by Crippen LogP contribution is -2.25. The van der Waals surface area contributed by atoms with Crippen molar-refractivity contribution in [3.05, 3.63) is 87.9 Å². The summed E-state index contributed by atoms with van der Waals surface area (Å²) in [6.07, 6.45) is 3.59. The molecule has 1 heterocycles. The number of rotatable bonds is 7. The van der Waals surface area contributed by atoms with Gasteiger partial charge in [-0.25, -0.2) is 4.98 Å². The molecule has 1 fully saturated rings. The van der Waals surface area contributed by atoms with Gasteiger partial charge in [0.1, 0.15) is 0 Å². The van der Waals surface area contributed by atoms with Crippen molar-refractivity contribution in [2.75, 3.05) is 0 Å². The monoisotopic (exact) mass is 334 g/mol. The lowest BCUT2D eigenvalue weighted by Gasteiger charge is -2.21. The van der Waals surface area contributed by atoms with Gasteiger partial charge in [0.2, 0.25) is 0 Å². The molecule has 0 N–H and O–H groups in total. The van der Waals surface area contributed by atoms with Crippen LogP contribution >= 0.6 is 11.3 Å². The fourth-order valence-electron chi connectivity index (χ4n) is 3.05. The third kappa shape index (κ3) is 4.11. The van der Waals surface area contributed by atoms with Crippen LogP contribution in [0, 0.1) is 0 Å². The molecule has 0 aliphatic heterocycles. The summed E-state index contributed by atoms with van der Waals surface area (Å²) in [5.41, 5.74) is 3.94. The van der Waals surface area contributed by atoms with E-state index in [4.69, 9.17) is 4.98 Å². The molecule has 0 radical (unpaired) electrons. The Morgan fingerprint density at radius 2 is 1.54 bits per heavy atom. The fourth-order valence-corrected chi connectivity index (χ4v) is 3.87. The molecule has 0 atom stereocenters. The Morgan fingerprint density at radius 3 is 2.21 bits per heavy atom. The van der Waals surface area contributed by atoms with Crippen molar-refractivity contribution in [2.45, 2.75) is 38.4 Å². The van der Waals surface area contributed by atoms with Crippen molar-refractivity contribution in [3.63, 3.8) is 0 Å². The van der Waals surface area contributed by atoms with Gasteiger partial charge < -0.3 is 0 Å². The maximum absolute atomic E-state index is 4.87. The van der Waals surface area contributed by atoms with E-state index in [2.05, 4.69) is 70.9 Å². The smallest absolute Gasteiger partial charge is 0.0972 e. The summed E-state index contributed by atoms with van der Waals surface area (Å²) in [7, 11) is 0. The molecule has 3 aromatic rings. The van der Waals surface area contributed by atoms with Gasteiger partial charge in [-0.2, -0.15) is 0 Å². The van der Waals surface area contributed by atoms with Crippen molar-refractivity contribution in [2.24, 2.45) is 0 Å². The highest BCUT2D eigenvalue weighted by Gasteiger charge is 2.29. The lowest BCUT2D eigenvalue weighted by molar-refractivity contribution is 0.243. The summed E-state index contributed by atoms with van der Waals surface area (Å²) in [6.45, 7) is 1.99. The molecule has 4 rings (SSSR count). The third-order valence-corrected chi connectivity index (χ3v) is 5.35. The zero-order valence-electron chi connectivity index (χ0n) is 13.8. The largest absolute Gasteiger partial charge is 0.290 e. The zero-order chi connectivity index (χ0) is 16.2. The predicted molar refractivity (Wildman–Crippen MR) is 100 cm³/mol. The van der Waals surface area contributed by atoms with Gasteiger partial charge in [-0.1, -0.05) is 60.7 Å². The topological polar surface area (TPSA) is 16.1 Å². The van der Waals surface area contributed by atoms with Crippen LogP contribution in [-0.4, -0.2) is 15.9 Å². The first kappa shape index (κ1) is 15.6. The first-order chi connectivity index (χ1) is 11.9. The average Bonchev–Trinajstić information content (AvgIpc) is 3.38.